The van der Waals surface area contributed by atoms with Crippen LogP contribution in [0.3, 0.4) is 0 Å². The van der Waals surface area contributed by atoms with E-state index in [0.717, 1.165) is 75.6 Å². The summed E-state index contributed by atoms with van der Waals surface area (Å²) in [6.07, 6.45) is 9.05. The smallest absolute Gasteiger partial charge is 0.0544 e. The van der Waals surface area contributed by atoms with Gasteiger partial charge in [0, 0.05) is 57.9 Å². The molecule has 5 nitrogen and oxygen atoms in total. The van der Waals surface area contributed by atoms with Crippen LogP contribution in [0.2, 0.25) is 0 Å². The number of aryl methyl sites for hydroxylation is 3. The number of aromatic nitrogens is 3. The molecule has 0 saturated carbocycles. The monoisotopic (exact) mass is 507 g/mol. The van der Waals surface area contributed by atoms with Crippen LogP contribution in [-0.2, 0) is 45.4 Å². The maximum Gasteiger partial charge on any atom is 0.0544 e. The molecular formula is C33H41N5. The minimum absolute atomic E-state index is 0.795. The van der Waals surface area contributed by atoms with Gasteiger partial charge in [0.05, 0.1) is 17.1 Å². The second-order valence-electron chi connectivity index (χ2n) is 9.94. The summed E-state index contributed by atoms with van der Waals surface area (Å²) in [6, 6.07) is 23.8. The van der Waals surface area contributed by atoms with Crippen LogP contribution in [0.1, 0.15) is 60.1 Å². The van der Waals surface area contributed by atoms with E-state index in [9.17, 15) is 0 Å². The molecule has 4 rings (SSSR count). The summed E-state index contributed by atoms with van der Waals surface area (Å²) >= 11 is 0. The predicted octanol–water partition coefficient (Wildman–Crippen LogP) is 6.26. The summed E-state index contributed by atoms with van der Waals surface area (Å²) in [7, 11) is 0. The van der Waals surface area contributed by atoms with Gasteiger partial charge in [-0.2, -0.15) is 0 Å². The quantitative estimate of drug-likeness (QED) is 0.201. The number of rotatable bonds is 14. The zero-order chi connectivity index (χ0) is 26.6. The van der Waals surface area contributed by atoms with Crippen molar-refractivity contribution in [1.29, 1.82) is 0 Å². The standard InChI is InChI=1S/C33H41N5/c1-4-27-12-15-31(34-20-27)24-37(23-30-10-8-7-9-11-30)18-19-38(25-32-16-13-28(5-2)21-35-32)26-33-17-14-29(6-3)22-36-33/h7-17,20-22H,4-6,18-19,23-26H2,1-3H3. The molecule has 0 aliphatic carbocycles. The van der Waals surface area contributed by atoms with Crippen molar-refractivity contribution in [2.75, 3.05) is 13.1 Å². The predicted molar refractivity (Wildman–Crippen MR) is 156 cm³/mol. The summed E-state index contributed by atoms with van der Waals surface area (Å²) in [5.74, 6) is 0. The lowest BCUT2D eigenvalue weighted by molar-refractivity contribution is 0.179. The number of hydrogen-bond acceptors (Lipinski definition) is 5. The highest BCUT2D eigenvalue weighted by molar-refractivity contribution is 5.18. The van der Waals surface area contributed by atoms with Gasteiger partial charge in [-0.25, -0.2) is 0 Å². The molecule has 0 radical (unpaired) electrons. The van der Waals surface area contributed by atoms with Crippen molar-refractivity contribution in [3.63, 3.8) is 0 Å². The first kappa shape index (κ1) is 27.6. The lowest BCUT2D eigenvalue weighted by Crippen LogP contribution is -2.34. The lowest BCUT2D eigenvalue weighted by Gasteiger charge is -2.27. The molecular weight excluding hydrogens is 466 g/mol. The number of pyridine rings is 3. The Kier molecular flexibility index (Phi) is 10.5. The minimum Gasteiger partial charge on any atom is -0.292 e. The fraction of sp³-hybridized carbons (Fsp3) is 0.364. The highest BCUT2D eigenvalue weighted by Gasteiger charge is 2.14. The number of hydrogen-bond donors (Lipinski definition) is 0. The van der Waals surface area contributed by atoms with E-state index in [1.54, 1.807) is 0 Å². The van der Waals surface area contributed by atoms with E-state index in [1.165, 1.54) is 22.3 Å². The molecule has 3 aromatic heterocycles. The van der Waals surface area contributed by atoms with Crippen LogP contribution in [0.5, 0.6) is 0 Å². The Morgan fingerprint density at radius 2 is 0.842 bits per heavy atom. The lowest BCUT2D eigenvalue weighted by atomic mass is 10.2. The molecule has 0 spiro atoms. The van der Waals surface area contributed by atoms with Gasteiger partial charge >= 0.3 is 0 Å². The van der Waals surface area contributed by atoms with E-state index in [0.29, 0.717) is 0 Å². The van der Waals surface area contributed by atoms with Gasteiger partial charge in [-0.15, -0.1) is 0 Å². The molecule has 0 fully saturated rings. The van der Waals surface area contributed by atoms with Gasteiger partial charge in [0.15, 0.2) is 0 Å². The normalized spacial score (nSPS) is 11.4. The van der Waals surface area contributed by atoms with E-state index in [1.807, 2.05) is 18.6 Å². The van der Waals surface area contributed by atoms with Crippen molar-refractivity contribution in [1.82, 2.24) is 24.8 Å². The molecule has 0 atom stereocenters. The van der Waals surface area contributed by atoms with Gasteiger partial charge < -0.3 is 0 Å². The zero-order valence-corrected chi connectivity index (χ0v) is 23.2. The Labute approximate surface area is 228 Å². The van der Waals surface area contributed by atoms with E-state index < -0.39 is 0 Å². The summed E-state index contributed by atoms with van der Waals surface area (Å²) < 4.78 is 0. The van der Waals surface area contributed by atoms with Crippen molar-refractivity contribution in [2.24, 2.45) is 0 Å². The third kappa shape index (κ3) is 8.57. The van der Waals surface area contributed by atoms with Crippen molar-refractivity contribution >= 4 is 0 Å². The fourth-order valence-corrected chi connectivity index (χ4v) is 4.51. The van der Waals surface area contributed by atoms with E-state index >= 15 is 0 Å². The molecule has 198 valence electrons. The van der Waals surface area contributed by atoms with Crippen molar-refractivity contribution in [3.8, 4) is 0 Å². The average Bonchev–Trinajstić information content (AvgIpc) is 2.97. The molecule has 38 heavy (non-hydrogen) atoms. The van der Waals surface area contributed by atoms with Crippen molar-refractivity contribution in [2.45, 2.75) is 66.2 Å². The highest BCUT2D eigenvalue weighted by atomic mass is 15.2. The second-order valence-corrected chi connectivity index (χ2v) is 9.94. The number of nitrogens with zero attached hydrogens (tertiary/aromatic N) is 5. The molecule has 0 aliphatic heterocycles. The van der Waals surface area contributed by atoms with Gasteiger partial charge in [0.1, 0.15) is 0 Å². The molecule has 0 aliphatic rings. The van der Waals surface area contributed by atoms with Gasteiger partial charge in [0.2, 0.25) is 0 Å². The third-order valence-electron chi connectivity index (χ3n) is 7.02. The minimum atomic E-state index is 0.795. The summed E-state index contributed by atoms with van der Waals surface area (Å²) in [4.78, 5) is 19.2. The largest absolute Gasteiger partial charge is 0.292 e. The Morgan fingerprint density at radius 3 is 1.18 bits per heavy atom. The number of benzene rings is 1. The van der Waals surface area contributed by atoms with Crippen LogP contribution in [0.15, 0.2) is 85.3 Å². The van der Waals surface area contributed by atoms with Gasteiger partial charge in [-0.3, -0.25) is 24.8 Å². The van der Waals surface area contributed by atoms with Gasteiger partial charge in [-0.05, 0) is 59.7 Å². The first-order chi connectivity index (χ1) is 18.6. The van der Waals surface area contributed by atoms with Crippen LogP contribution in [0.25, 0.3) is 0 Å². The highest BCUT2D eigenvalue weighted by Crippen LogP contribution is 2.13. The Morgan fingerprint density at radius 1 is 0.447 bits per heavy atom. The van der Waals surface area contributed by atoms with E-state index in [2.05, 4.69) is 97.3 Å². The molecule has 0 amide bonds. The van der Waals surface area contributed by atoms with Crippen LogP contribution < -0.4 is 0 Å². The van der Waals surface area contributed by atoms with Crippen LogP contribution in [-0.4, -0.2) is 37.8 Å². The van der Waals surface area contributed by atoms with Gasteiger partial charge in [-0.1, -0.05) is 69.3 Å². The molecule has 5 heteroatoms. The molecule has 0 saturated heterocycles. The zero-order valence-electron chi connectivity index (χ0n) is 23.2. The topological polar surface area (TPSA) is 45.2 Å². The first-order valence-corrected chi connectivity index (χ1v) is 13.9. The summed E-state index contributed by atoms with van der Waals surface area (Å²) in [5.41, 5.74) is 8.44. The van der Waals surface area contributed by atoms with Crippen LogP contribution in [0.4, 0.5) is 0 Å². The molecule has 0 unspecified atom stereocenters. The molecule has 0 N–H and O–H groups in total. The first-order valence-electron chi connectivity index (χ1n) is 13.9. The SMILES string of the molecule is CCc1ccc(CN(CCN(Cc2ccc(CC)cn2)Cc2ccc(CC)cn2)Cc2ccccc2)nc1. The molecule has 3 heterocycles. The maximum atomic E-state index is 4.75. The third-order valence-corrected chi connectivity index (χ3v) is 7.02. The second kappa shape index (κ2) is 14.5. The Hall–Kier alpha value is -3.41. The van der Waals surface area contributed by atoms with Crippen LogP contribution in [0, 0.1) is 0 Å². The fourth-order valence-electron chi connectivity index (χ4n) is 4.51. The van der Waals surface area contributed by atoms with Crippen LogP contribution >= 0.6 is 0 Å². The molecule has 0 bridgehead atoms. The van der Waals surface area contributed by atoms with Crippen molar-refractivity contribution < 1.29 is 0 Å². The Bertz CT molecular complexity index is 1160. The van der Waals surface area contributed by atoms with E-state index in [4.69, 9.17) is 15.0 Å². The Balaban J connectivity index is 1.50. The molecule has 1 aromatic carbocycles. The molecule has 4 aromatic rings. The summed E-state index contributed by atoms with van der Waals surface area (Å²) in [6.45, 7) is 11.6. The van der Waals surface area contributed by atoms with Crippen molar-refractivity contribution in [3.05, 3.63) is 125 Å². The van der Waals surface area contributed by atoms with E-state index in [-0.39, 0.29) is 0 Å². The average molecular weight is 508 g/mol. The summed E-state index contributed by atoms with van der Waals surface area (Å²) in [5, 5.41) is 0. The maximum absolute atomic E-state index is 4.75. The van der Waals surface area contributed by atoms with Gasteiger partial charge in [0.25, 0.3) is 0 Å².